The summed E-state index contributed by atoms with van der Waals surface area (Å²) in [6.45, 7) is 0. The third-order valence-corrected chi connectivity index (χ3v) is 8.67. The molecule has 0 amide bonds. The van der Waals surface area contributed by atoms with Gasteiger partial charge in [-0.3, -0.25) is 0 Å². The number of nitrogen functional groups attached to an aromatic ring is 2. The van der Waals surface area contributed by atoms with Crippen LogP contribution >= 0.6 is 0 Å². The summed E-state index contributed by atoms with van der Waals surface area (Å²) in [5, 5.41) is 11.5. The Morgan fingerprint density at radius 1 is 0.463 bits per heavy atom. The van der Waals surface area contributed by atoms with Crippen molar-refractivity contribution >= 4 is 90.8 Å². The molecular weight excluding hydrogens is 759 g/mol. The summed E-state index contributed by atoms with van der Waals surface area (Å²) in [4.78, 5) is 23.2. The molecule has 0 spiro atoms. The molecule has 0 fully saturated rings. The van der Waals surface area contributed by atoms with E-state index in [0.29, 0.717) is 11.4 Å². The number of benzene rings is 4. The average molecular weight is 785 g/mol. The molecule has 22 heteroatoms. The predicted octanol–water partition coefficient (Wildman–Crippen LogP) is -1.82. The van der Waals surface area contributed by atoms with E-state index in [1.165, 1.54) is 36.4 Å². The molecule has 0 aliphatic carbocycles. The summed E-state index contributed by atoms with van der Waals surface area (Å²) in [5.74, 6) is -0.174. The number of nitrogens with one attached hydrogen (secondary N) is 4. The van der Waals surface area contributed by atoms with Crippen molar-refractivity contribution in [1.29, 1.82) is 0 Å². The van der Waals surface area contributed by atoms with E-state index < -0.39 is 30.0 Å². The van der Waals surface area contributed by atoms with E-state index in [2.05, 4.69) is 51.2 Å². The Hall–Kier alpha value is -4.74. The van der Waals surface area contributed by atoms with E-state index in [1.54, 1.807) is 48.5 Å². The van der Waals surface area contributed by atoms with Crippen LogP contribution in [0, 0.1) is 0 Å². The maximum absolute atomic E-state index is 12.3. The average Bonchev–Trinajstić information content (AvgIpc) is 3.07. The largest absolute Gasteiger partial charge is 1.00 e. The first-order valence-corrected chi connectivity index (χ1v) is 17.7. The van der Waals surface area contributed by atoms with E-state index in [-0.39, 0.29) is 117 Å². The Bertz CT molecular complexity index is 2350. The molecule has 6 rings (SSSR count). The Morgan fingerprint density at radius 3 is 1.09 bits per heavy atom. The van der Waals surface area contributed by atoms with Gasteiger partial charge in [0.05, 0.1) is 9.79 Å². The summed E-state index contributed by atoms with van der Waals surface area (Å²) < 4.78 is 73.8. The number of para-hydroxylation sites is 2. The zero-order valence-electron chi connectivity index (χ0n) is 28.5. The van der Waals surface area contributed by atoms with Crippen LogP contribution in [-0.2, 0) is 20.2 Å². The second-order valence-electron chi connectivity index (χ2n) is 10.7. The van der Waals surface area contributed by atoms with Crippen LogP contribution in [0.4, 0.5) is 58.4 Å². The van der Waals surface area contributed by atoms with E-state index in [9.17, 15) is 25.9 Å². The molecule has 0 radical (unpaired) electrons. The Labute approximate surface area is 353 Å². The molecular formula is C32H26N12Na2O6S2. The second kappa shape index (κ2) is 18.1. The topological polar surface area (TPSA) is 292 Å². The number of rotatable bonds is 12. The maximum atomic E-state index is 12.3. The van der Waals surface area contributed by atoms with Gasteiger partial charge in [0, 0.05) is 22.7 Å². The van der Waals surface area contributed by atoms with Gasteiger partial charge in [-0.05, 0) is 59.7 Å². The molecule has 0 atom stereocenters. The molecule has 4 aromatic carbocycles. The summed E-state index contributed by atoms with van der Waals surface area (Å²) >= 11 is 0. The molecule has 0 unspecified atom stereocenters. The standard InChI is InChI=1S/C32H28N12O6S2.2Na/c33-27-39-29(35-21-7-3-1-4-8-21)43-31(41-27)37-23-15-13-19(25(17-23)51(45,46)47)11-12-20-14-16-24(18-26(20)52(48,49)50)38-32-42-28(34)40-30(44-32)36-22-9-5-2-6-10-22;;/h1-18H,(H,45,46,47)(H,48,49,50)(H4,33,35,37,39,41,43)(H4,34,36,38,40,42,44);;/q;2*+1/p-2/b12-11-;;. The van der Waals surface area contributed by atoms with Crippen molar-refractivity contribution < 1.29 is 85.1 Å². The van der Waals surface area contributed by atoms with Gasteiger partial charge in [-0.15, -0.1) is 0 Å². The van der Waals surface area contributed by atoms with Crippen LogP contribution in [0.15, 0.2) is 107 Å². The minimum Gasteiger partial charge on any atom is -0.744 e. The van der Waals surface area contributed by atoms with Crippen LogP contribution < -0.4 is 91.8 Å². The van der Waals surface area contributed by atoms with Gasteiger partial charge < -0.3 is 41.8 Å². The van der Waals surface area contributed by atoms with Crippen molar-refractivity contribution in [2.45, 2.75) is 9.79 Å². The molecule has 0 bridgehead atoms. The third kappa shape index (κ3) is 11.4. The first-order chi connectivity index (χ1) is 24.8. The van der Waals surface area contributed by atoms with E-state index in [1.807, 2.05) is 12.1 Å². The van der Waals surface area contributed by atoms with E-state index >= 15 is 0 Å². The zero-order valence-corrected chi connectivity index (χ0v) is 34.1. The Balaban J connectivity index is 0.00000325. The fourth-order valence-corrected chi connectivity index (χ4v) is 6.07. The fourth-order valence-electron chi connectivity index (χ4n) is 4.68. The van der Waals surface area contributed by atoms with Crippen LogP contribution in [0.1, 0.15) is 11.1 Å². The van der Waals surface area contributed by atoms with Gasteiger partial charge in [0.15, 0.2) is 0 Å². The van der Waals surface area contributed by atoms with Crippen molar-refractivity contribution in [3.8, 4) is 0 Å². The third-order valence-electron chi connectivity index (χ3n) is 6.89. The molecule has 264 valence electrons. The number of anilines is 10. The predicted molar refractivity (Wildman–Crippen MR) is 192 cm³/mol. The normalized spacial score (nSPS) is 11.2. The fraction of sp³-hybridized carbons (Fsp3) is 0. The van der Waals surface area contributed by atoms with Crippen molar-refractivity contribution in [3.63, 3.8) is 0 Å². The molecule has 0 saturated heterocycles. The van der Waals surface area contributed by atoms with Crippen molar-refractivity contribution in [2.24, 2.45) is 0 Å². The minimum atomic E-state index is -5.07. The molecule has 2 aromatic heterocycles. The van der Waals surface area contributed by atoms with Crippen LogP contribution in [0.3, 0.4) is 0 Å². The first-order valence-electron chi connectivity index (χ1n) is 14.9. The van der Waals surface area contributed by atoms with Crippen molar-refractivity contribution in [3.05, 3.63) is 108 Å². The van der Waals surface area contributed by atoms with Crippen molar-refractivity contribution in [1.82, 2.24) is 29.9 Å². The Morgan fingerprint density at radius 2 is 0.778 bits per heavy atom. The van der Waals surface area contributed by atoms with E-state index in [4.69, 9.17) is 11.5 Å². The van der Waals surface area contributed by atoms with Crippen LogP contribution in [0.5, 0.6) is 0 Å². The smallest absolute Gasteiger partial charge is 0.744 e. The van der Waals surface area contributed by atoms with Gasteiger partial charge in [0.2, 0.25) is 35.7 Å². The van der Waals surface area contributed by atoms with Gasteiger partial charge in [-0.2, -0.15) is 29.9 Å². The summed E-state index contributed by atoms with van der Waals surface area (Å²) in [6, 6.07) is 25.5. The van der Waals surface area contributed by atoms with Gasteiger partial charge in [-0.25, -0.2) is 16.8 Å². The maximum Gasteiger partial charge on any atom is 1.00 e. The summed E-state index contributed by atoms with van der Waals surface area (Å²) in [6.07, 6.45) is 2.37. The molecule has 18 nitrogen and oxygen atoms in total. The van der Waals surface area contributed by atoms with Gasteiger partial charge in [-0.1, -0.05) is 60.7 Å². The number of hydrogen-bond donors (Lipinski definition) is 6. The molecule has 2 heterocycles. The summed E-state index contributed by atoms with van der Waals surface area (Å²) in [5.41, 5.74) is 13.0. The quantitative estimate of drug-likeness (QED) is 0.0452. The van der Waals surface area contributed by atoms with Gasteiger partial charge in [0.25, 0.3) is 0 Å². The number of nitrogens with zero attached hydrogens (tertiary/aromatic N) is 6. The van der Waals surface area contributed by atoms with Crippen LogP contribution in [-0.4, -0.2) is 55.8 Å². The monoisotopic (exact) mass is 784 g/mol. The number of nitrogens with two attached hydrogens (primary N) is 2. The van der Waals surface area contributed by atoms with Crippen LogP contribution in [0.2, 0.25) is 0 Å². The van der Waals surface area contributed by atoms with E-state index in [0.717, 1.165) is 12.1 Å². The summed E-state index contributed by atoms with van der Waals surface area (Å²) in [7, 11) is -10.1. The van der Waals surface area contributed by atoms with Gasteiger partial charge in [0.1, 0.15) is 20.2 Å². The molecule has 54 heavy (non-hydrogen) atoms. The molecule has 0 aliphatic rings. The number of aromatic nitrogens is 6. The minimum absolute atomic E-state index is 0. The molecule has 6 aromatic rings. The molecule has 0 aliphatic heterocycles. The van der Waals surface area contributed by atoms with Crippen molar-refractivity contribution in [2.75, 3.05) is 32.7 Å². The van der Waals surface area contributed by atoms with Gasteiger partial charge >= 0.3 is 59.1 Å². The first kappa shape index (κ1) is 42.0. The zero-order chi connectivity index (χ0) is 36.9. The molecule has 0 saturated carbocycles. The number of hydrogen-bond acceptors (Lipinski definition) is 18. The Kier molecular flexibility index (Phi) is 14.0. The second-order valence-corrected chi connectivity index (χ2v) is 13.4. The van der Waals surface area contributed by atoms with Crippen LogP contribution in [0.25, 0.3) is 12.2 Å². The SMILES string of the molecule is Nc1nc(Nc2ccccc2)nc(Nc2ccc(/C=C\c3ccc(Nc4nc(N)nc(Nc5ccccc5)n4)cc3S(=O)(=O)[O-])c(S(=O)(=O)[O-])c2)n1.[Na+].[Na+]. The molecule has 8 N–H and O–H groups in total.